The highest BCUT2D eigenvalue weighted by atomic mass is 32.2. The number of carbonyl (C=O) groups excluding carboxylic acids is 1. The van der Waals surface area contributed by atoms with E-state index in [2.05, 4.69) is 0 Å². The van der Waals surface area contributed by atoms with E-state index in [1.807, 2.05) is 4.90 Å². The van der Waals surface area contributed by atoms with Gasteiger partial charge >= 0.3 is 0 Å². The first-order valence-corrected chi connectivity index (χ1v) is 10.2. The van der Waals surface area contributed by atoms with Crippen molar-refractivity contribution in [2.24, 2.45) is 0 Å². The highest BCUT2D eigenvalue weighted by Gasteiger charge is 2.29. The van der Waals surface area contributed by atoms with E-state index in [0.717, 1.165) is 12.8 Å². The van der Waals surface area contributed by atoms with Gasteiger partial charge in [0.05, 0.1) is 36.6 Å². The van der Waals surface area contributed by atoms with E-state index in [-0.39, 0.29) is 35.4 Å². The van der Waals surface area contributed by atoms with Crippen LogP contribution in [0.2, 0.25) is 0 Å². The van der Waals surface area contributed by atoms with E-state index in [0.29, 0.717) is 31.9 Å². The molecule has 2 heterocycles. The summed E-state index contributed by atoms with van der Waals surface area (Å²) in [6.07, 6.45) is 2.40. The second kappa shape index (κ2) is 7.80. The molecular weight excluding hydrogens is 314 g/mol. The fraction of sp³-hybridized carbons (Fsp3) is 0.923. The summed E-state index contributed by atoms with van der Waals surface area (Å²) < 4.78 is 28.2. The standard InChI is InChI=1S/C13H23NO5S2/c15-6-7-19-11-1-4-14(5-2-11)13(16)9-20-12-3-8-21(17,18)10-12/h11-12,15H,1-10H2. The number of thioether (sulfide) groups is 1. The van der Waals surface area contributed by atoms with E-state index in [1.165, 1.54) is 11.8 Å². The largest absolute Gasteiger partial charge is 0.394 e. The van der Waals surface area contributed by atoms with Crippen molar-refractivity contribution < 1.29 is 23.1 Å². The van der Waals surface area contributed by atoms with Gasteiger partial charge in [0.2, 0.25) is 5.91 Å². The molecule has 2 rings (SSSR count). The number of sulfone groups is 1. The maximum atomic E-state index is 12.1. The SMILES string of the molecule is O=C(CSC1CCS(=O)(=O)C1)N1CCC(OCCO)CC1. The molecule has 0 aromatic heterocycles. The molecule has 1 atom stereocenters. The van der Waals surface area contributed by atoms with Gasteiger partial charge in [-0.2, -0.15) is 0 Å². The van der Waals surface area contributed by atoms with Crippen LogP contribution in [0.15, 0.2) is 0 Å². The van der Waals surface area contributed by atoms with E-state index < -0.39 is 9.84 Å². The third kappa shape index (κ3) is 5.43. The predicted molar refractivity (Wildman–Crippen MR) is 82.2 cm³/mol. The van der Waals surface area contributed by atoms with Crippen molar-refractivity contribution in [3.05, 3.63) is 0 Å². The van der Waals surface area contributed by atoms with Gasteiger partial charge in [-0.15, -0.1) is 11.8 Å². The number of piperidine rings is 1. The molecule has 1 unspecified atom stereocenters. The second-order valence-corrected chi connectivity index (χ2v) is 9.03. The number of aliphatic hydroxyl groups is 1. The van der Waals surface area contributed by atoms with Crippen LogP contribution in [0.25, 0.3) is 0 Å². The summed E-state index contributed by atoms with van der Waals surface area (Å²) >= 11 is 1.47. The van der Waals surface area contributed by atoms with Crippen LogP contribution in [0.1, 0.15) is 19.3 Å². The lowest BCUT2D eigenvalue weighted by Crippen LogP contribution is -2.42. The number of rotatable bonds is 6. The van der Waals surface area contributed by atoms with Crippen LogP contribution < -0.4 is 0 Å². The lowest BCUT2D eigenvalue weighted by Gasteiger charge is -2.32. The number of carbonyl (C=O) groups is 1. The van der Waals surface area contributed by atoms with Gasteiger partial charge in [-0.05, 0) is 19.3 Å². The molecule has 1 amide bonds. The predicted octanol–water partition coefficient (Wildman–Crippen LogP) is -0.0934. The molecule has 6 nitrogen and oxygen atoms in total. The van der Waals surface area contributed by atoms with E-state index in [1.54, 1.807) is 0 Å². The van der Waals surface area contributed by atoms with Gasteiger partial charge in [0.1, 0.15) is 0 Å². The molecule has 8 heteroatoms. The number of nitrogens with zero attached hydrogens (tertiary/aromatic N) is 1. The molecule has 0 aliphatic carbocycles. The number of ether oxygens (including phenoxy) is 1. The average molecular weight is 337 g/mol. The molecular formula is C13H23NO5S2. The maximum Gasteiger partial charge on any atom is 0.232 e. The van der Waals surface area contributed by atoms with Crippen molar-refractivity contribution >= 4 is 27.5 Å². The summed E-state index contributed by atoms with van der Waals surface area (Å²) in [4.78, 5) is 13.9. The van der Waals surface area contributed by atoms with Gasteiger partial charge in [0.25, 0.3) is 0 Å². The number of likely N-dealkylation sites (tertiary alicyclic amines) is 1. The smallest absolute Gasteiger partial charge is 0.232 e. The maximum absolute atomic E-state index is 12.1. The molecule has 0 bridgehead atoms. The van der Waals surface area contributed by atoms with Gasteiger partial charge in [-0.1, -0.05) is 0 Å². The molecule has 2 fully saturated rings. The van der Waals surface area contributed by atoms with Gasteiger partial charge in [0.15, 0.2) is 9.84 Å². The molecule has 1 N–H and O–H groups in total. The zero-order valence-corrected chi connectivity index (χ0v) is 13.7. The summed E-state index contributed by atoms with van der Waals surface area (Å²) in [5, 5.41) is 8.79. The quantitative estimate of drug-likeness (QED) is 0.729. The van der Waals surface area contributed by atoms with Gasteiger partial charge in [0, 0.05) is 18.3 Å². The zero-order valence-electron chi connectivity index (χ0n) is 12.1. The first-order chi connectivity index (χ1) is 10.00. The number of hydrogen-bond acceptors (Lipinski definition) is 6. The summed E-state index contributed by atoms with van der Waals surface area (Å²) in [5.74, 6) is 0.918. The number of aliphatic hydroxyl groups excluding tert-OH is 1. The Labute approximate surface area is 130 Å². The molecule has 2 aliphatic heterocycles. The molecule has 0 radical (unpaired) electrons. The zero-order chi connectivity index (χ0) is 15.3. The Morgan fingerprint density at radius 2 is 2.00 bits per heavy atom. The molecule has 122 valence electrons. The van der Waals surface area contributed by atoms with E-state index in [4.69, 9.17) is 9.84 Å². The van der Waals surface area contributed by atoms with Crippen molar-refractivity contribution in [3.63, 3.8) is 0 Å². The third-order valence-electron chi connectivity index (χ3n) is 3.87. The van der Waals surface area contributed by atoms with Crippen molar-refractivity contribution in [1.29, 1.82) is 0 Å². The summed E-state index contributed by atoms with van der Waals surface area (Å²) in [5.41, 5.74) is 0. The van der Waals surface area contributed by atoms with E-state index >= 15 is 0 Å². The Hall–Kier alpha value is -0.310. The third-order valence-corrected chi connectivity index (χ3v) is 7.14. The minimum absolute atomic E-state index is 0.0279. The fourth-order valence-electron chi connectivity index (χ4n) is 2.66. The summed E-state index contributed by atoms with van der Waals surface area (Å²) in [6.45, 7) is 1.74. The number of hydrogen-bond donors (Lipinski definition) is 1. The van der Waals surface area contributed by atoms with Crippen molar-refractivity contribution in [1.82, 2.24) is 4.90 Å². The molecule has 0 aromatic rings. The first-order valence-electron chi connectivity index (χ1n) is 7.32. The minimum atomic E-state index is -2.87. The average Bonchev–Trinajstić information content (AvgIpc) is 2.82. The number of amides is 1. The van der Waals surface area contributed by atoms with Crippen LogP contribution in [0, 0.1) is 0 Å². The van der Waals surface area contributed by atoms with Crippen molar-refractivity contribution in [3.8, 4) is 0 Å². The Morgan fingerprint density at radius 3 is 2.57 bits per heavy atom. The lowest BCUT2D eigenvalue weighted by atomic mass is 10.1. The Balaban J connectivity index is 1.66. The molecule has 2 saturated heterocycles. The van der Waals surface area contributed by atoms with Crippen LogP contribution >= 0.6 is 11.8 Å². The molecule has 0 saturated carbocycles. The summed E-state index contributed by atoms with van der Waals surface area (Å²) in [7, 11) is -2.87. The van der Waals surface area contributed by atoms with Crippen LogP contribution in [0.3, 0.4) is 0 Å². The summed E-state index contributed by atoms with van der Waals surface area (Å²) in [6, 6.07) is 0. The Kier molecular flexibility index (Phi) is 6.34. The van der Waals surface area contributed by atoms with Gasteiger partial charge < -0.3 is 14.7 Å². The highest BCUT2D eigenvalue weighted by Crippen LogP contribution is 2.25. The second-order valence-electron chi connectivity index (χ2n) is 5.51. The fourth-order valence-corrected chi connectivity index (χ4v) is 6.21. The molecule has 21 heavy (non-hydrogen) atoms. The van der Waals surface area contributed by atoms with Gasteiger partial charge in [-0.3, -0.25) is 4.79 Å². The van der Waals surface area contributed by atoms with E-state index in [9.17, 15) is 13.2 Å². The normalized spacial score (nSPS) is 26.1. The molecule has 2 aliphatic rings. The Bertz CT molecular complexity index is 445. The molecule has 0 spiro atoms. The molecule has 0 aromatic carbocycles. The van der Waals surface area contributed by atoms with Crippen molar-refractivity contribution in [2.75, 3.05) is 43.6 Å². The van der Waals surface area contributed by atoms with Crippen LogP contribution in [-0.4, -0.2) is 79.2 Å². The monoisotopic (exact) mass is 337 g/mol. The highest BCUT2D eigenvalue weighted by molar-refractivity contribution is 8.02. The van der Waals surface area contributed by atoms with Crippen LogP contribution in [0.5, 0.6) is 0 Å². The first kappa shape index (κ1) is 17.1. The van der Waals surface area contributed by atoms with Crippen molar-refractivity contribution in [2.45, 2.75) is 30.6 Å². The lowest BCUT2D eigenvalue weighted by molar-refractivity contribution is -0.131. The van der Waals surface area contributed by atoms with Crippen LogP contribution in [0.4, 0.5) is 0 Å². The van der Waals surface area contributed by atoms with Crippen LogP contribution in [-0.2, 0) is 19.4 Å². The van der Waals surface area contributed by atoms with Gasteiger partial charge in [-0.25, -0.2) is 8.42 Å². The topological polar surface area (TPSA) is 83.9 Å². The Morgan fingerprint density at radius 1 is 1.29 bits per heavy atom. The minimum Gasteiger partial charge on any atom is -0.394 e.